The number of hydrogen-bond acceptors (Lipinski definition) is 4. The fourth-order valence-electron chi connectivity index (χ4n) is 2.03. The van der Waals surface area contributed by atoms with E-state index in [0.29, 0.717) is 18.4 Å². The second-order valence-electron chi connectivity index (χ2n) is 4.48. The first-order valence-corrected chi connectivity index (χ1v) is 6.33. The number of hydrogen-bond donors (Lipinski definition) is 1. The Kier molecular flexibility index (Phi) is 4.59. The zero-order valence-electron chi connectivity index (χ0n) is 10.6. The van der Waals surface area contributed by atoms with Crippen molar-refractivity contribution in [2.45, 2.75) is 32.3 Å². The SMILES string of the molecule is C/C(=N\O)c1ccc(OCCC2CCCO2)cc1. The molecule has 0 aliphatic carbocycles. The summed E-state index contributed by atoms with van der Waals surface area (Å²) in [6.45, 7) is 3.32. The van der Waals surface area contributed by atoms with Crippen LogP contribution in [0.3, 0.4) is 0 Å². The molecule has 1 saturated heterocycles. The third kappa shape index (κ3) is 3.47. The Bertz CT molecular complexity index is 394. The van der Waals surface area contributed by atoms with Crippen molar-refractivity contribution in [3.63, 3.8) is 0 Å². The lowest BCUT2D eigenvalue weighted by molar-refractivity contribution is 0.0903. The van der Waals surface area contributed by atoms with Crippen LogP contribution in [0.5, 0.6) is 5.75 Å². The fourth-order valence-corrected chi connectivity index (χ4v) is 2.03. The van der Waals surface area contributed by atoms with Gasteiger partial charge in [0.1, 0.15) is 5.75 Å². The smallest absolute Gasteiger partial charge is 0.119 e. The van der Waals surface area contributed by atoms with Gasteiger partial charge in [0, 0.05) is 13.0 Å². The lowest BCUT2D eigenvalue weighted by atomic mass is 10.1. The van der Waals surface area contributed by atoms with Gasteiger partial charge >= 0.3 is 0 Å². The van der Waals surface area contributed by atoms with Crippen molar-refractivity contribution in [3.05, 3.63) is 29.8 Å². The minimum absolute atomic E-state index is 0.369. The van der Waals surface area contributed by atoms with E-state index in [1.807, 2.05) is 24.3 Å². The van der Waals surface area contributed by atoms with E-state index in [0.717, 1.165) is 30.8 Å². The Hall–Kier alpha value is -1.55. The van der Waals surface area contributed by atoms with Crippen LogP contribution in [0.2, 0.25) is 0 Å². The van der Waals surface area contributed by atoms with Gasteiger partial charge in [-0.05, 0) is 49.6 Å². The molecule has 4 heteroatoms. The largest absolute Gasteiger partial charge is 0.493 e. The molecule has 0 bridgehead atoms. The number of rotatable bonds is 5. The van der Waals surface area contributed by atoms with Crippen molar-refractivity contribution in [1.82, 2.24) is 0 Å². The molecule has 1 N–H and O–H groups in total. The van der Waals surface area contributed by atoms with Crippen molar-refractivity contribution in [2.75, 3.05) is 13.2 Å². The van der Waals surface area contributed by atoms with Crippen molar-refractivity contribution < 1.29 is 14.7 Å². The topological polar surface area (TPSA) is 51.1 Å². The molecule has 0 aromatic heterocycles. The van der Waals surface area contributed by atoms with E-state index in [-0.39, 0.29) is 0 Å². The molecule has 1 aliphatic rings. The molecule has 1 aromatic rings. The van der Waals surface area contributed by atoms with Crippen LogP contribution in [-0.4, -0.2) is 30.2 Å². The van der Waals surface area contributed by atoms with E-state index in [1.54, 1.807) is 6.92 Å². The molecule has 1 aromatic carbocycles. The maximum Gasteiger partial charge on any atom is 0.119 e. The normalized spacial score (nSPS) is 20.1. The van der Waals surface area contributed by atoms with Crippen molar-refractivity contribution in [3.8, 4) is 5.75 Å². The van der Waals surface area contributed by atoms with Crippen molar-refractivity contribution in [1.29, 1.82) is 0 Å². The molecular formula is C14H19NO3. The maximum atomic E-state index is 8.66. The van der Waals surface area contributed by atoms with Gasteiger partial charge in [-0.25, -0.2) is 0 Å². The van der Waals surface area contributed by atoms with Gasteiger partial charge in [0.15, 0.2) is 0 Å². The quantitative estimate of drug-likeness (QED) is 0.496. The summed E-state index contributed by atoms with van der Waals surface area (Å²) in [5, 5.41) is 11.8. The number of nitrogens with zero attached hydrogens (tertiary/aromatic N) is 1. The van der Waals surface area contributed by atoms with Crippen LogP contribution in [0.1, 0.15) is 31.7 Å². The predicted octanol–water partition coefficient (Wildman–Crippen LogP) is 2.83. The Labute approximate surface area is 107 Å². The highest BCUT2D eigenvalue weighted by Gasteiger charge is 2.14. The molecular weight excluding hydrogens is 230 g/mol. The Morgan fingerprint density at radius 1 is 1.44 bits per heavy atom. The van der Waals surface area contributed by atoms with Crippen molar-refractivity contribution in [2.24, 2.45) is 5.16 Å². The average Bonchev–Trinajstić information content (AvgIpc) is 2.92. The summed E-state index contributed by atoms with van der Waals surface area (Å²) in [7, 11) is 0. The Balaban J connectivity index is 1.79. The molecule has 0 saturated carbocycles. The van der Waals surface area contributed by atoms with Crippen LogP contribution in [0.4, 0.5) is 0 Å². The van der Waals surface area contributed by atoms with E-state index in [9.17, 15) is 0 Å². The maximum absolute atomic E-state index is 8.66. The number of ether oxygens (including phenoxy) is 2. The summed E-state index contributed by atoms with van der Waals surface area (Å²) in [4.78, 5) is 0. The van der Waals surface area contributed by atoms with Gasteiger partial charge in [-0.15, -0.1) is 0 Å². The van der Waals surface area contributed by atoms with Gasteiger partial charge in [0.05, 0.1) is 18.4 Å². The zero-order chi connectivity index (χ0) is 12.8. The molecule has 2 rings (SSSR count). The van der Waals surface area contributed by atoms with Gasteiger partial charge in [-0.3, -0.25) is 0 Å². The molecule has 4 nitrogen and oxygen atoms in total. The Morgan fingerprint density at radius 3 is 2.83 bits per heavy atom. The molecule has 1 heterocycles. The Morgan fingerprint density at radius 2 is 2.22 bits per heavy atom. The molecule has 1 unspecified atom stereocenters. The summed E-state index contributed by atoms with van der Waals surface area (Å²) in [6, 6.07) is 7.55. The van der Waals surface area contributed by atoms with Gasteiger partial charge in [0.2, 0.25) is 0 Å². The highest BCUT2D eigenvalue weighted by atomic mass is 16.5. The minimum atomic E-state index is 0.369. The molecule has 0 radical (unpaired) electrons. The van der Waals surface area contributed by atoms with E-state index < -0.39 is 0 Å². The van der Waals surface area contributed by atoms with Crippen LogP contribution >= 0.6 is 0 Å². The third-order valence-corrected chi connectivity index (χ3v) is 3.15. The lowest BCUT2D eigenvalue weighted by Gasteiger charge is -2.10. The summed E-state index contributed by atoms with van der Waals surface area (Å²) < 4.78 is 11.2. The standard InChI is InChI=1S/C14H19NO3/c1-11(15-16)12-4-6-14(7-5-12)18-10-8-13-3-2-9-17-13/h4-7,13,16H,2-3,8-10H2,1H3/b15-11+. The zero-order valence-corrected chi connectivity index (χ0v) is 10.6. The van der Waals surface area contributed by atoms with E-state index in [2.05, 4.69) is 5.16 Å². The first-order chi connectivity index (χ1) is 8.79. The summed E-state index contributed by atoms with van der Waals surface area (Å²) in [5.41, 5.74) is 1.49. The van der Waals surface area contributed by atoms with E-state index in [4.69, 9.17) is 14.7 Å². The third-order valence-electron chi connectivity index (χ3n) is 3.15. The number of oxime groups is 1. The molecule has 98 valence electrons. The van der Waals surface area contributed by atoms with Gasteiger partial charge in [-0.2, -0.15) is 0 Å². The predicted molar refractivity (Wildman–Crippen MR) is 69.5 cm³/mol. The molecule has 1 fully saturated rings. The van der Waals surface area contributed by atoms with Crippen LogP contribution in [0.15, 0.2) is 29.4 Å². The van der Waals surface area contributed by atoms with Gasteiger partial charge in [-0.1, -0.05) is 5.16 Å². The number of benzene rings is 1. The summed E-state index contributed by atoms with van der Waals surface area (Å²) in [5.74, 6) is 0.836. The molecule has 0 amide bonds. The van der Waals surface area contributed by atoms with Gasteiger partial charge < -0.3 is 14.7 Å². The van der Waals surface area contributed by atoms with Crippen LogP contribution in [0, 0.1) is 0 Å². The fraction of sp³-hybridized carbons (Fsp3) is 0.500. The minimum Gasteiger partial charge on any atom is -0.493 e. The molecule has 1 aliphatic heterocycles. The second-order valence-corrected chi connectivity index (χ2v) is 4.48. The van der Waals surface area contributed by atoms with Crippen LogP contribution in [-0.2, 0) is 4.74 Å². The average molecular weight is 249 g/mol. The first-order valence-electron chi connectivity index (χ1n) is 6.33. The molecule has 0 spiro atoms. The first kappa shape index (κ1) is 12.9. The molecule has 1 atom stereocenters. The van der Waals surface area contributed by atoms with E-state index in [1.165, 1.54) is 6.42 Å². The van der Waals surface area contributed by atoms with E-state index >= 15 is 0 Å². The summed E-state index contributed by atoms with van der Waals surface area (Å²) in [6.07, 6.45) is 3.62. The highest BCUT2D eigenvalue weighted by molar-refractivity contribution is 5.98. The second kappa shape index (κ2) is 6.40. The van der Waals surface area contributed by atoms with Crippen LogP contribution < -0.4 is 4.74 Å². The van der Waals surface area contributed by atoms with Crippen LogP contribution in [0.25, 0.3) is 0 Å². The lowest BCUT2D eigenvalue weighted by Crippen LogP contribution is -2.10. The monoisotopic (exact) mass is 249 g/mol. The highest BCUT2D eigenvalue weighted by Crippen LogP contribution is 2.17. The summed E-state index contributed by atoms with van der Waals surface area (Å²) >= 11 is 0. The van der Waals surface area contributed by atoms with Crippen molar-refractivity contribution >= 4 is 5.71 Å². The molecule has 18 heavy (non-hydrogen) atoms. The van der Waals surface area contributed by atoms with Gasteiger partial charge in [0.25, 0.3) is 0 Å².